The molecule has 0 aliphatic heterocycles. The van der Waals surface area contributed by atoms with E-state index in [-0.39, 0.29) is 12.4 Å². The molecule has 102 valence electrons. The Hall–Kier alpha value is -0.980. The van der Waals surface area contributed by atoms with Crippen molar-refractivity contribution in [3.63, 3.8) is 0 Å². The van der Waals surface area contributed by atoms with Gasteiger partial charge in [-0.25, -0.2) is 8.42 Å². The Morgan fingerprint density at radius 3 is 1.94 bits per heavy atom. The smallest absolute Gasteiger partial charge is 0.236 e. The van der Waals surface area contributed by atoms with E-state index in [1.807, 2.05) is 0 Å². The highest BCUT2D eigenvalue weighted by Crippen LogP contribution is 2.32. The van der Waals surface area contributed by atoms with Crippen molar-refractivity contribution in [3.05, 3.63) is 23.3 Å². The zero-order valence-electron chi connectivity index (χ0n) is 10.4. The minimum Gasteiger partial charge on any atom is -0.493 e. The lowest BCUT2D eigenvalue weighted by atomic mass is 10.1. The Labute approximate surface area is 111 Å². The first-order chi connectivity index (χ1) is 8.41. The molecule has 0 aliphatic rings. The maximum atomic E-state index is 11.2. The van der Waals surface area contributed by atoms with Crippen LogP contribution in [0.15, 0.2) is 12.1 Å². The zero-order chi connectivity index (χ0) is 13.8. The number of rotatable bonds is 6. The standard InChI is InChI=1S/C11H15ClO5S/c1-15-6-8-4-10(16-2)11(17-3)5-9(8)7-18(12,13)14/h4-5H,6-7H2,1-3H3. The van der Waals surface area contributed by atoms with Gasteiger partial charge in [0.05, 0.1) is 26.6 Å². The molecule has 1 aromatic carbocycles. The predicted molar refractivity (Wildman–Crippen MR) is 68.7 cm³/mol. The summed E-state index contributed by atoms with van der Waals surface area (Å²) in [7, 11) is 6.13. The SMILES string of the molecule is COCc1cc(OC)c(OC)cc1CS(=O)(=O)Cl. The third kappa shape index (κ3) is 4.04. The number of ether oxygens (including phenoxy) is 3. The molecule has 0 N–H and O–H groups in total. The molecule has 5 nitrogen and oxygen atoms in total. The van der Waals surface area contributed by atoms with Crippen LogP contribution in [0.5, 0.6) is 11.5 Å². The van der Waals surface area contributed by atoms with Gasteiger partial charge < -0.3 is 14.2 Å². The molecule has 0 saturated carbocycles. The largest absolute Gasteiger partial charge is 0.493 e. The second-order valence-electron chi connectivity index (χ2n) is 3.59. The van der Waals surface area contributed by atoms with Gasteiger partial charge in [-0.15, -0.1) is 0 Å². The van der Waals surface area contributed by atoms with Crippen molar-refractivity contribution in [3.8, 4) is 11.5 Å². The number of methoxy groups -OCH3 is 3. The van der Waals surface area contributed by atoms with Crippen LogP contribution in [-0.4, -0.2) is 29.7 Å². The molecule has 1 aromatic rings. The minimum absolute atomic E-state index is 0.266. The second kappa shape index (κ2) is 6.26. The van der Waals surface area contributed by atoms with Crippen LogP contribution in [0.4, 0.5) is 0 Å². The van der Waals surface area contributed by atoms with Crippen LogP contribution in [-0.2, 0) is 26.1 Å². The fraction of sp³-hybridized carbons (Fsp3) is 0.455. The van der Waals surface area contributed by atoms with Crippen molar-refractivity contribution in [2.24, 2.45) is 0 Å². The van der Waals surface area contributed by atoms with Crippen LogP contribution in [0.25, 0.3) is 0 Å². The summed E-state index contributed by atoms with van der Waals surface area (Å²) in [5.41, 5.74) is 1.23. The van der Waals surface area contributed by atoms with Crippen LogP contribution >= 0.6 is 10.7 Å². The Kier molecular flexibility index (Phi) is 5.25. The first kappa shape index (κ1) is 15.1. The van der Waals surface area contributed by atoms with Crippen molar-refractivity contribution < 1.29 is 22.6 Å². The molecule has 0 aromatic heterocycles. The normalized spacial score (nSPS) is 11.3. The van der Waals surface area contributed by atoms with Crippen LogP contribution < -0.4 is 9.47 Å². The predicted octanol–water partition coefficient (Wildman–Crippen LogP) is 1.92. The fourth-order valence-corrected chi connectivity index (χ4v) is 2.57. The van der Waals surface area contributed by atoms with Crippen molar-refractivity contribution in [1.82, 2.24) is 0 Å². The molecule has 0 amide bonds. The van der Waals surface area contributed by atoms with Gasteiger partial charge in [-0.1, -0.05) is 0 Å². The molecular formula is C11H15ClO5S. The molecule has 7 heteroatoms. The lowest BCUT2D eigenvalue weighted by Gasteiger charge is -2.13. The molecule has 0 unspecified atom stereocenters. The summed E-state index contributed by atoms with van der Waals surface area (Å²) >= 11 is 0. The third-order valence-corrected chi connectivity index (χ3v) is 3.32. The monoisotopic (exact) mass is 294 g/mol. The highest BCUT2D eigenvalue weighted by molar-refractivity contribution is 8.13. The molecule has 0 aliphatic carbocycles. The third-order valence-electron chi connectivity index (χ3n) is 2.33. The fourth-order valence-electron chi connectivity index (χ4n) is 1.57. The Balaban J connectivity index is 3.28. The van der Waals surface area contributed by atoms with Crippen molar-refractivity contribution in [2.45, 2.75) is 12.4 Å². The van der Waals surface area contributed by atoms with Crippen LogP contribution in [0, 0.1) is 0 Å². The quantitative estimate of drug-likeness (QED) is 0.750. The van der Waals surface area contributed by atoms with Gasteiger partial charge in [-0.2, -0.15) is 0 Å². The van der Waals surface area contributed by atoms with E-state index in [1.54, 1.807) is 12.1 Å². The number of halogens is 1. The highest BCUT2D eigenvalue weighted by Gasteiger charge is 2.16. The van der Waals surface area contributed by atoms with Gasteiger partial charge in [0.15, 0.2) is 11.5 Å². The molecule has 18 heavy (non-hydrogen) atoms. The molecule has 0 bridgehead atoms. The van der Waals surface area contributed by atoms with E-state index in [9.17, 15) is 8.42 Å². The van der Waals surface area contributed by atoms with Gasteiger partial charge in [-0.05, 0) is 23.3 Å². The number of hydrogen-bond donors (Lipinski definition) is 0. The van der Waals surface area contributed by atoms with Crippen LogP contribution in [0.1, 0.15) is 11.1 Å². The van der Waals surface area contributed by atoms with Crippen molar-refractivity contribution in [1.29, 1.82) is 0 Å². The first-order valence-corrected chi connectivity index (χ1v) is 7.54. The molecular weight excluding hydrogens is 280 g/mol. The Morgan fingerprint density at radius 1 is 1.06 bits per heavy atom. The highest BCUT2D eigenvalue weighted by atomic mass is 35.7. The summed E-state index contributed by atoms with van der Waals surface area (Å²) < 4.78 is 37.6. The van der Waals surface area contributed by atoms with E-state index < -0.39 is 9.05 Å². The zero-order valence-corrected chi connectivity index (χ0v) is 12.0. The maximum Gasteiger partial charge on any atom is 0.236 e. The average molecular weight is 295 g/mol. The van der Waals surface area contributed by atoms with Crippen molar-refractivity contribution in [2.75, 3.05) is 21.3 Å². The average Bonchev–Trinajstić information content (AvgIpc) is 2.29. The van der Waals surface area contributed by atoms with Gasteiger partial charge in [0.2, 0.25) is 9.05 Å². The Morgan fingerprint density at radius 2 is 1.56 bits per heavy atom. The molecule has 1 rings (SSSR count). The molecule has 0 heterocycles. The van der Waals surface area contributed by atoms with Gasteiger partial charge in [0.25, 0.3) is 0 Å². The first-order valence-electron chi connectivity index (χ1n) is 5.06. The number of benzene rings is 1. The van der Waals surface area contributed by atoms with E-state index >= 15 is 0 Å². The molecule has 0 fully saturated rings. The maximum absolute atomic E-state index is 11.2. The van der Waals surface area contributed by atoms with Gasteiger partial charge in [-0.3, -0.25) is 0 Å². The summed E-state index contributed by atoms with van der Waals surface area (Å²) in [4.78, 5) is 0. The van der Waals surface area contributed by atoms with E-state index in [4.69, 9.17) is 24.9 Å². The molecule has 0 radical (unpaired) electrons. The topological polar surface area (TPSA) is 61.8 Å². The van der Waals surface area contributed by atoms with Crippen LogP contribution in [0.2, 0.25) is 0 Å². The molecule has 0 saturated heterocycles. The minimum atomic E-state index is -3.64. The van der Waals surface area contributed by atoms with Gasteiger partial charge >= 0.3 is 0 Å². The summed E-state index contributed by atoms with van der Waals surface area (Å²) in [5, 5.41) is 0. The van der Waals surface area contributed by atoms with Crippen LogP contribution in [0.3, 0.4) is 0 Å². The summed E-state index contributed by atoms with van der Waals surface area (Å²) in [5.74, 6) is 0.682. The van der Waals surface area contributed by atoms with Gasteiger partial charge in [0, 0.05) is 17.8 Å². The number of hydrogen-bond acceptors (Lipinski definition) is 5. The van der Waals surface area contributed by atoms with Crippen molar-refractivity contribution >= 4 is 19.7 Å². The summed E-state index contributed by atoms with van der Waals surface area (Å²) in [6.07, 6.45) is 0. The lowest BCUT2D eigenvalue weighted by Crippen LogP contribution is -2.03. The summed E-state index contributed by atoms with van der Waals surface area (Å²) in [6.45, 7) is 0.266. The molecule has 0 atom stereocenters. The van der Waals surface area contributed by atoms with E-state index in [0.29, 0.717) is 22.6 Å². The second-order valence-corrected chi connectivity index (χ2v) is 6.37. The lowest BCUT2D eigenvalue weighted by molar-refractivity contribution is 0.184. The van der Waals surface area contributed by atoms with Gasteiger partial charge in [0.1, 0.15) is 0 Å². The molecule has 0 spiro atoms. The van der Waals surface area contributed by atoms with E-state index in [2.05, 4.69) is 0 Å². The van der Waals surface area contributed by atoms with E-state index in [0.717, 1.165) is 0 Å². The summed E-state index contributed by atoms with van der Waals surface area (Å²) in [6, 6.07) is 3.27. The van der Waals surface area contributed by atoms with E-state index in [1.165, 1.54) is 21.3 Å². The Bertz CT molecular complexity index is 512.